The van der Waals surface area contributed by atoms with Crippen LogP contribution >= 0.6 is 11.8 Å². The predicted octanol–water partition coefficient (Wildman–Crippen LogP) is 2.99. The standard InChI is InChI=1S/C17H23N3O2S/c1-12-9-15(13(2)20(12)10-14-5-4-8-22-14)16(21)11-23-17-18-6-7-19(17)3/h6-7,9,14H,4-5,8,10-11H2,1-3H3. The molecule has 1 fully saturated rings. The number of nitrogens with zero attached hydrogens (tertiary/aromatic N) is 3. The van der Waals surface area contributed by atoms with E-state index in [0.717, 1.165) is 48.1 Å². The fourth-order valence-electron chi connectivity index (χ4n) is 3.06. The Kier molecular flexibility index (Phi) is 4.92. The zero-order valence-electron chi connectivity index (χ0n) is 13.9. The maximum absolute atomic E-state index is 12.6. The van der Waals surface area contributed by atoms with Gasteiger partial charge in [0.05, 0.1) is 11.9 Å². The Bertz CT molecular complexity index is 699. The number of ketones is 1. The van der Waals surface area contributed by atoms with Crippen molar-refractivity contribution >= 4 is 17.5 Å². The van der Waals surface area contributed by atoms with Gasteiger partial charge in [0.15, 0.2) is 10.9 Å². The second-order valence-corrected chi connectivity index (χ2v) is 7.01. The Morgan fingerprint density at radius 3 is 2.96 bits per heavy atom. The monoisotopic (exact) mass is 333 g/mol. The average molecular weight is 333 g/mol. The van der Waals surface area contributed by atoms with Crippen LogP contribution in [0, 0.1) is 13.8 Å². The maximum Gasteiger partial charge on any atom is 0.175 e. The van der Waals surface area contributed by atoms with Gasteiger partial charge in [-0.2, -0.15) is 0 Å². The highest BCUT2D eigenvalue weighted by Gasteiger charge is 2.21. The van der Waals surface area contributed by atoms with Crippen molar-refractivity contribution in [2.24, 2.45) is 7.05 Å². The van der Waals surface area contributed by atoms with Crippen molar-refractivity contribution in [1.29, 1.82) is 0 Å². The molecule has 0 aromatic carbocycles. The molecule has 0 bridgehead atoms. The van der Waals surface area contributed by atoms with Crippen molar-refractivity contribution in [3.05, 3.63) is 35.4 Å². The molecule has 2 aromatic rings. The molecule has 6 heteroatoms. The van der Waals surface area contributed by atoms with Crippen molar-refractivity contribution < 1.29 is 9.53 Å². The van der Waals surface area contributed by atoms with E-state index in [-0.39, 0.29) is 11.9 Å². The number of Topliss-reactive ketones (excluding diaryl/α,β-unsaturated/α-hetero) is 1. The van der Waals surface area contributed by atoms with Crippen LogP contribution in [0.3, 0.4) is 0 Å². The Morgan fingerprint density at radius 1 is 1.48 bits per heavy atom. The molecule has 1 saturated heterocycles. The third kappa shape index (κ3) is 3.53. The van der Waals surface area contributed by atoms with Crippen LogP contribution in [0.5, 0.6) is 0 Å². The SMILES string of the molecule is Cc1cc(C(=O)CSc2nccn2C)c(C)n1CC1CCCO1. The van der Waals surface area contributed by atoms with Crippen molar-refractivity contribution in [3.63, 3.8) is 0 Å². The Hall–Kier alpha value is -1.53. The number of thioether (sulfide) groups is 1. The van der Waals surface area contributed by atoms with Gasteiger partial charge in [-0.3, -0.25) is 4.79 Å². The van der Waals surface area contributed by atoms with Gasteiger partial charge in [0.1, 0.15) is 0 Å². The van der Waals surface area contributed by atoms with E-state index in [2.05, 4.69) is 16.5 Å². The lowest BCUT2D eigenvalue weighted by Crippen LogP contribution is -2.17. The first-order valence-electron chi connectivity index (χ1n) is 7.98. The third-order valence-corrected chi connectivity index (χ3v) is 5.45. The van der Waals surface area contributed by atoms with Crippen molar-refractivity contribution in [1.82, 2.24) is 14.1 Å². The summed E-state index contributed by atoms with van der Waals surface area (Å²) in [5, 5.41) is 0.867. The molecule has 0 radical (unpaired) electrons. The zero-order chi connectivity index (χ0) is 16.4. The Morgan fingerprint density at radius 2 is 2.30 bits per heavy atom. The summed E-state index contributed by atoms with van der Waals surface area (Å²) in [6, 6.07) is 2.01. The van der Waals surface area contributed by atoms with Gasteiger partial charge in [-0.05, 0) is 32.8 Å². The van der Waals surface area contributed by atoms with Gasteiger partial charge in [-0.25, -0.2) is 4.98 Å². The lowest BCUT2D eigenvalue weighted by atomic mass is 10.2. The van der Waals surface area contributed by atoms with Crippen LogP contribution in [0.4, 0.5) is 0 Å². The van der Waals surface area contributed by atoms with E-state index in [1.807, 2.05) is 30.8 Å². The van der Waals surface area contributed by atoms with Crippen LogP contribution in [0.25, 0.3) is 0 Å². The van der Waals surface area contributed by atoms with Crippen molar-refractivity contribution in [2.45, 2.75) is 44.5 Å². The number of carbonyl (C=O) groups excluding carboxylic acids is 1. The second kappa shape index (κ2) is 6.93. The molecule has 0 amide bonds. The van der Waals surface area contributed by atoms with Gasteiger partial charge in [0.25, 0.3) is 0 Å². The number of ether oxygens (including phenoxy) is 1. The molecule has 1 unspecified atom stereocenters. The molecule has 1 aliphatic rings. The van der Waals surface area contributed by atoms with E-state index < -0.39 is 0 Å². The number of imidazole rings is 1. The molecule has 0 N–H and O–H groups in total. The van der Waals surface area contributed by atoms with E-state index >= 15 is 0 Å². The molecule has 0 spiro atoms. The summed E-state index contributed by atoms with van der Waals surface area (Å²) in [4.78, 5) is 16.8. The third-order valence-electron chi connectivity index (χ3n) is 4.39. The van der Waals surface area contributed by atoms with Gasteiger partial charge in [0.2, 0.25) is 0 Å². The van der Waals surface area contributed by atoms with Crippen LogP contribution in [0.15, 0.2) is 23.6 Å². The molecule has 1 atom stereocenters. The van der Waals surface area contributed by atoms with Crippen molar-refractivity contribution in [3.8, 4) is 0 Å². The summed E-state index contributed by atoms with van der Waals surface area (Å²) in [6.07, 6.45) is 6.16. The zero-order valence-corrected chi connectivity index (χ0v) is 14.7. The van der Waals surface area contributed by atoms with Gasteiger partial charge in [-0.15, -0.1) is 0 Å². The molecule has 23 heavy (non-hydrogen) atoms. The topological polar surface area (TPSA) is 49.0 Å². The number of aromatic nitrogens is 3. The highest BCUT2D eigenvalue weighted by atomic mass is 32.2. The van der Waals surface area contributed by atoms with E-state index in [1.54, 1.807) is 6.20 Å². The van der Waals surface area contributed by atoms with Gasteiger partial charge in [0, 0.05) is 49.5 Å². The smallest absolute Gasteiger partial charge is 0.175 e. The normalized spacial score (nSPS) is 17.8. The highest BCUT2D eigenvalue weighted by Crippen LogP contribution is 2.23. The predicted molar refractivity (Wildman–Crippen MR) is 91.1 cm³/mol. The maximum atomic E-state index is 12.6. The summed E-state index contributed by atoms with van der Waals surface area (Å²) in [5.41, 5.74) is 2.99. The molecule has 1 aliphatic heterocycles. The van der Waals surface area contributed by atoms with Crippen LogP contribution in [-0.4, -0.2) is 38.4 Å². The van der Waals surface area contributed by atoms with E-state index in [4.69, 9.17) is 4.74 Å². The largest absolute Gasteiger partial charge is 0.376 e. The lowest BCUT2D eigenvalue weighted by Gasteiger charge is -2.14. The summed E-state index contributed by atoms with van der Waals surface area (Å²) >= 11 is 1.48. The van der Waals surface area contributed by atoms with Gasteiger partial charge < -0.3 is 13.9 Å². The molecule has 3 rings (SSSR count). The van der Waals surface area contributed by atoms with Crippen LogP contribution in [0.1, 0.15) is 34.6 Å². The first-order chi connectivity index (χ1) is 11.1. The lowest BCUT2D eigenvalue weighted by molar-refractivity contribution is 0.0957. The first kappa shape index (κ1) is 16.3. The summed E-state index contributed by atoms with van der Waals surface area (Å²) in [6.45, 7) is 5.79. The fourth-order valence-corrected chi connectivity index (χ4v) is 3.87. The number of aryl methyl sites for hydroxylation is 2. The van der Waals surface area contributed by atoms with Crippen LogP contribution < -0.4 is 0 Å². The van der Waals surface area contributed by atoms with Gasteiger partial charge in [-0.1, -0.05) is 11.8 Å². The minimum Gasteiger partial charge on any atom is -0.376 e. The Balaban J connectivity index is 1.69. The minimum atomic E-state index is 0.157. The molecule has 3 heterocycles. The van der Waals surface area contributed by atoms with Gasteiger partial charge >= 0.3 is 0 Å². The van der Waals surface area contributed by atoms with Crippen LogP contribution in [0.2, 0.25) is 0 Å². The number of rotatable bonds is 6. The molecule has 5 nitrogen and oxygen atoms in total. The summed E-state index contributed by atoms with van der Waals surface area (Å²) in [7, 11) is 1.94. The molecule has 124 valence electrons. The quantitative estimate of drug-likeness (QED) is 0.602. The number of hydrogen-bond acceptors (Lipinski definition) is 4. The first-order valence-corrected chi connectivity index (χ1v) is 8.96. The van der Waals surface area contributed by atoms with Crippen molar-refractivity contribution in [2.75, 3.05) is 12.4 Å². The molecule has 0 aliphatic carbocycles. The highest BCUT2D eigenvalue weighted by molar-refractivity contribution is 7.99. The summed E-state index contributed by atoms with van der Waals surface area (Å²) in [5.74, 6) is 0.569. The van der Waals surface area contributed by atoms with E-state index in [0.29, 0.717) is 5.75 Å². The molecule has 2 aromatic heterocycles. The fraction of sp³-hybridized carbons (Fsp3) is 0.529. The molecular formula is C17H23N3O2S. The second-order valence-electron chi connectivity index (χ2n) is 6.06. The number of carbonyl (C=O) groups is 1. The molecular weight excluding hydrogens is 310 g/mol. The van der Waals surface area contributed by atoms with Crippen LogP contribution in [-0.2, 0) is 18.3 Å². The minimum absolute atomic E-state index is 0.157. The number of hydrogen-bond donors (Lipinski definition) is 0. The summed E-state index contributed by atoms with van der Waals surface area (Å²) < 4.78 is 9.87. The van der Waals surface area contributed by atoms with E-state index in [1.165, 1.54) is 11.8 Å². The molecule has 0 saturated carbocycles. The van der Waals surface area contributed by atoms with E-state index in [9.17, 15) is 4.79 Å². The Labute approximate surface area is 141 Å². The average Bonchev–Trinajstić information content (AvgIpc) is 3.23.